The topological polar surface area (TPSA) is 42.0 Å². The van der Waals surface area contributed by atoms with Crippen molar-refractivity contribution >= 4 is 17.4 Å². The maximum atomic E-state index is 12.3. The third-order valence-electron chi connectivity index (χ3n) is 4.12. The van der Waals surface area contributed by atoms with Gasteiger partial charge < -0.3 is 5.32 Å². The van der Waals surface area contributed by atoms with E-state index >= 15 is 0 Å². The fraction of sp³-hybridized carbons (Fsp3) is 0.600. The number of nitrogens with zero attached hydrogens (tertiary/aromatic N) is 1. The molecule has 0 radical (unpaired) electrons. The van der Waals surface area contributed by atoms with Gasteiger partial charge in [-0.15, -0.1) is 0 Å². The number of hydrogen-bond donors (Lipinski definition) is 1. The zero-order chi connectivity index (χ0) is 13.7. The Hall–Kier alpha value is -0.930. The van der Waals surface area contributed by atoms with E-state index in [0.717, 1.165) is 18.4 Å². The predicted molar refractivity (Wildman–Crippen MR) is 77.5 cm³/mol. The lowest BCUT2D eigenvalue weighted by Gasteiger charge is -2.36. The van der Waals surface area contributed by atoms with E-state index in [0.29, 0.717) is 17.9 Å². The van der Waals surface area contributed by atoms with Crippen LogP contribution in [0.25, 0.3) is 0 Å². The predicted octanol–water partition coefficient (Wildman–Crippen LogP) is 3.16. The van der Waals surface area contributed by atoms with Gasteiger partial charge in [0.25, 0.3) is 0 Å². The highest BCUT2D eigenvalue weighted by molar-refractivity contribution is 6.31. The van der Waals surface area contributed by atoms with Crippen molar-refractivity contribution in [1.29, 1.82) is 0 Å². The molecule has 0 bridgehead atoms. The third kappa shape index (κ3) is 3.77. The van der Waals surface area contributed by atoms with E-state index in [1.165, 1.54) is 19.3 Å². The lowest BCUT2D eigenvalue weighted by atomic mass is 9.78. The van der Waals surface area contributed by atoms with Crippen LogP contribution in [0.5, 0.6) is 0 Å². The Morgan fingerprint density at radius 2 is 2.16 bits per heavy atom. The molecule has 1 heterocycles. The zero-order valence-electron chi connectivity index (χ0n) is 11.4. The van der Waals surface area contributed by atoms with Gasteiger partial charge in [-0.05, 0) is 31.5 Å². The second-order valence-corrected chi connectivity index (χ2v) is 5.86. The molecule has 1 aliphatic carbocycles. The summed E-state index contributed by atoms with van der Waals surface area (Å²) in [5, 5.41) is 3.96. The standard InChI is InChI=1S/C15H21ClN2O/c1-17-15(6-3-2-4-7-15)10-13(19)9-12-5-8-18-11-14(12)16/h5,8,11,17H,2-4,6-7,9-10H2,1H3. The van der Waals surface area contributed by atoms with Gasteiger partial charge in [0.2, 0.25) is 0 Å². The molecule has 0 spiro atoms. The van der Waals surface area contributed by atoms with Crippen molar-refractivity contribution in [3.8, 4) is 0 Å². The van der Waals surface area contributed by atoms with Gasteiger partial charge in [-0.1, -0.05) is 30.9 Å². The molecule has 1 aliphatic rings. The summed E-state index contributed by atoms with van der Waals surface area (Å²) < 4.78 is 0. The number of hydrogen-bond acceptors (Lipinski definition) is 3. The first-order chi connectivity index (χ1) is 9.15. The first kappa shape index (κ1) is 14.5. The molecule has 1 N–H and O–H groups in total. The summed E-state index contributed by atoms with van der Waals surface area (Å²) >= 11 is 6.05. The SMILES string of the molecule is CNC1(CC(=O)Cc2ccncc2Cl)CCCCC1. The van der Waals surface area contributed by atoms with Gasteiger partial charge in [0.05, 0.1) is 5.02 Å². The minimum atomic E-state index is 0.00877. The summed E-state index contributed by atoms with van der Waals surface area (Å²) in [6.45, 7) is 0. The van der Waals surface area contributed by atoms with Gasteiger partial charge in [0.1, 0.15) is 5.78 Å². The molecule has 0 aliphatic heterocycles. The minimum absolute atomic E-state index is 0.00877. The quantitative estimate of drug-likeness (QED) is 0.901. The number of carbonyl (C=O) groups excluding carboxylic acids is 1. The lowest BCUT2D eigenvalue weighted by molar-refractivity contribution is -0.120. The van der Waals surface area contributed by atoms with Crippen molar-refractivity contribution in [2.75, 3.05) is 7.05 Å². The molecule has 2 rings (SSSR count). The number of carbonyl (C=O) groups is 1. The van der Waals surface area contributed by atoms with E-state index in [2.05, 4.69) is 10.3 Å². The highest BCUT2D eigenvalue weighted by Crippen LogP contribution is 2.31. The van der Waals surface area contributed by atoms with Gasteiger partial charge in [0.15, 0.2) is 0 Å². The number of nitrogens with one attached hydrogen (secondary N) is 1. The van der Waals surface area contributed by atoms with E-state index in [9.17, 15) is 4.79 Å². The molecule has 1 aromatic heterocycles. The van der Waals surface area contributed by atoms with Crippen molar-refractivity contribution in [3.05, 3.63) is 29.0 Å². The number of Topliss-reactive ketones (excluding diaryl/α,β-unsaturated/α-hetero) is 1. The van der Waals surface area contributed by atoms with Crippen LogP contribution in [0.2, 0.25) is 5.02 Å². The van der Waals surface area contributed by atoms with Crippen LogP contribution in [0.1, 0.15) is 44.1 Å². The minimum Gasteiger partial charge on any atom is -0.314 e. The Kier molecular flexibility index (Phi) is 4.94. The van der Waals surface area contributed by atoms with Crippen molar-refractivity contribution < 1.29 is 4.79 Å². The molecule has 19 heavy (non-hydrogen) atoms. The molecule has 4 heteroatoms. The maximum Gasteiger partial charge on any atom is 0.139 e. The normalized spacial score (nSPS) is 18.2. The highest BCUT2D eigenvalue weighted by Gasteiger charge is 2.32. The fourth-order valence-corrected chi connectivity index (χ4v) is 3.13. The van der Waals surface area contributed by atoms with Gasteiger partial charge in [-0.2, -0.15) is 0 Å². The highest BCUT2D eigenvalue weighted by atomic mass is 35.5. The van der Waals surface area contributed by atoms with Gasteiger partial charge >= 0.3 is 0 Å². The van der Waals surface area contributed by atoms with Crippen molar-refractivity contribution in [3.63, 3.8) is 0 Å². The monoisotopic (exact) mass is 280 g/mol. The van der Waals surface area contributed by atoms with Crippen LogP contribution in [0.4, 0.5) is 0 Å². The number of aromatic nitrogens is 1. The van der Waals surface area contributed by atoms with E-state index < -0.39 is 0 Å². The lowest BCUT2D eigenvalue weighted by Crippen LogP contribution is -2.46. The van der Waals surface area contributed by atoms with Crippen LogP contribution in [0.3, 0.4) is 0 Å². The van der Waals surface area contributed by atoms with Crippen molar-refractivity contribution in [2.24, 2.45) is 0 Å². The van der Waals surface area contributed by atoms with Crippen LogP contribution in [-0.4, -0.2) is 23.4 Å². The average Bonchev–Trinajstić information content (AvgIpc) is 2.42. The summed E-state index contributed by atoms with van der Waals surface area (Å²) in [5.41, 5.74) is 0.887. The van der Waals surface area contributed by atoms with E-state index in [-0.39, 0.29) is 11.3 Å². The molecule has 1 aromatic rings. The van der Waals surface area contributed by atoms with Crippen LogP contribution in [-0.2, 0) is 11.2 Å². The summed E-state index contributed by atoms with van der Waals surface area (Å²) in [4.78, 5) is 16.2. The summed E-state index contributed by atoms with van der Waals surface area (Å²) in [5.74, 6) is 0.254. The number of pyridine rings is 1. The van der Waals surface area contributed by atoms with Gasteiger partial charge in [0, 0.05) is 30.8 Å². The van der Waals surface area contributed by atoms with Gasteiger partial charge in [-0.25, -0.2) is 0 Å². The Bertz CT molecular complexity index is 442. The van der Waals surface area contributed by atoms with Crippen molar-refractivity contribution in [1.82, 2.24) is 10.3 Å². The van der Waals surface area contributed by atoms with E-state index in [1.54, 1.807) is 12.4 Å². The van der Waals surface area contributed by atoms with Gasteiger partial charge in [-0.3, -0.25) is 9.78 Å². The van der Waals surface area contributed by atoms with Crippen LogP contribution >= 0.6 is 11.6 Å². The zero-order valence-corrected chi connectivity index (χ0v) is 12.2. The van der Waals surface area contributed by atoms with E-state index in [1.807, 2.05) is 13.1 Å². The van der Waals surface area contributed by atoms with E-state index in [4.69, 9.17) is 11.6 Å². The molecule has 0 atom stereocenters. The summed E-state index contributed by atoms with van der Waals surface area (Å²) in [6, 6.07) is 1.83. The molecule has 0 aromatic carbocycles. The second-order valence-electron chi connectivity index (χ2n) is 5.45. The van der Waals surface area contributed by atoms with Crippen LogP contribution < -0.4 is 5.32 Å². The maximum absolute atomic E-state index is 12.3. The Morgan fingerprint density at radius 1 is 1.42 bits per heavy atom. The Labute approximate surface area is 119 Å². The largest absolute Gasteiger partial charge is 0.314 e. The fourth-order valence-electron chi connectivity index (χ4n) is 2.94. The first-order valence-corrected chi connectivity index (χ1v) is 7.32. The molecule has 3 nitrogen and oxygen atoms in total. The number of halogens is 1. The average molecular weight is 281 g/mol. The molecule has 0 unspecified atom stereocenters. The first-order valence-electron chi connectivity index (χ1n) is 6.94. The third-order valence-corrected chi connectivity index (χ3v) is 4.46. The van der Waals surface area contributed by atoms with Crippen LogP contribution in [0, 0.1) is 0 Å². The molecule has 0 saturated heterocycles. The molecule has 104 valence electrons. The number of rotatable bonds is 5. The Balaban J connectivity index is 1.98. The summed E-state index contributed by atoms with van der Waals surface area (Å²) in [6.07, 6.45) is 10.2. The molecule has 0 amide bonds. The molecule has 1 saturated carbocycles. The second kappa shape index (κ2) is 6.49. The summed E-state index contributed by atoms with van der Waals surface area (Å²) in [7, 11) is 1.97. The van der Waals surface area contributed by atoms with Crippen molar-refractivity contribution in [2.45, 2.75) is 50.5 Å². The molecule has 1 fully saturated rings. The molecular formula is C15H21ClN2O. The Morgan fingerprint density at radius 3 is 2.79 bits per heavy atom. The molecular weight excluding hydrogens is 260 g/mol. The smallest absolute Gasteiger partial charge is 0.139 e. The van der Waals surface area contributed by atoms with Crippen LogP contribution in [0.15, 0.2) is 18.5 Å². The number of ketones is 1.